The fraction of sp³-hybridized carbons (Fsp3) is 0.200. The predicted octanol–water partition coefficient (Wildman–Crippen LogP) is 1.62. The molecule has 4 nitrogen and oxygen atoms in total. The molecule has 0 radical (unpaired) electrons. The number of nitrogens with one attached hydrogen (secondary N) is 1. The third-order valence-corrected chi connectivity index (χ3v) is 2.72. The number of hydrogen-bond donors (Lipinski definition) is 1. The lowest BCUT2D eigenvalue weighted by Gasteiger charge is -2.01. The first-order valence-corrected chi connectivity index (χ1v) is 5.40. The van der Waals surface area contributed by atoms with Crippen LogP contribution in [0.3, 0.4) is 0 Å². The number of methoxy groups -OCH3 is 1. The van der Waals surface area contributed by atoms with Gasteiger partial charge in [0.05, 0.1) is 16.8 Å². The molecular formula is C10H10N2O2S. The normalized spacial score (nSPS) is 10.7. The highest BCUT2D eigenvalue weighted by Crippen LogP contribution is 2.13. The molecule has 0 atom stereocenters. The molecule has 0 aliphatic rings. The Balaban J connectivity index is 2.48. The van der Waals surface area contributed by atoms with Gasteiger partial charge in [0, 0.05) is 7.11 Å². The molecule has 2 rings (SSSR count). The number of nitrogens with zero attached hydrogens (tertiary/aromatic N) is 1. The van der Waals surface area contributed by atoms with Crippen molar-refractivity contribution < 1.29 is 4.74 Å². The van der Waals surface area contributed by atoms with E-state index in [9.17, 15) is 4.79 Å². The van der Waals surface area contributed by atoms with E-state index in [1.54, 1.807) is 13.2 Å². The molecule has 1 aromatic heterocycles. The number of thioether (sulfide) groups is 1. The number of para-hydroxylation sites is 1. The van der Waals surface area contributed by atoms with Gasteiger partial charge in [-0.2, -0.15) is 0 Å². The highest BCUT2D eigenvalue weighted by atomic mass is 32.2. The molecule has 0 bridgehead atoms. The quantitative estimate of drug-likeness (QED) is 0.487. The fourth-order valence-corrected chi connectivity index (χ4v) is 1.81. The lowest BCUT2D eigenvalue weighted by Crippen LogP contribution is -2.09. The van der Waals surface area contributed by atoms with Gasteiger partial charge in [0.1, 0.15) is 0 Å². The van der Waals surface area contributed by atoms with Crippen LogP contribution in [0.1, 0.15) is 0 Å². The molecule has 0 saturated heterocycles. The van der Waals surface area contributed by atoms with E-state index in [-0.39, 0.29) is 5.56 Å². The number of hydrogen-bond acceptors (Lipinski definition) is 4. The Morgan fingerprint density at radius 1 is 1.47 bits per heavy atom. The topological polar surface area (TPSA) is 55.0 Å². The SMILES string of the molecule is COCSc1nc2ccccc2c(=O)[nH]1. The fourth-order valence-electron chi connectivity index (χ4n) is 1.25. The van der Waals surface area contributed by atoms with Gasteiger partial charge >= 0.3 is 0 Å². The van der Waals surface area contributed by atoms with Crippen molar-refractivity contribution in [3.63, 3.8) is 0 Å². The molecule has 0 aliphatic heterocycles. The molecule has 0 aliphatic carbocycles. The molecule has 15 heavy (non-hydrogen) atoms. The van der Waals surface area contributed by atoms with E-state index in [1.165, 1.54) is 11.8 Å². The smallest absolute Gasteiger partial charge is 0.259 e. The van der Waals surface area contributed by atoms with Gasteiger partial charge < -0.3 is 9.72 Å². The molecule has 1 N–H and O–H groups in total. The van der Waals surface area contributed by atoms with E-state index >= 15 is 0 Å². The number of aromatic amines is 1. The van der Waals surface area contributed by atoms with Crippen molar-refractivity contribution in [1.29, 1.82) is 0 Å². The number of aromatic nitrogens is 2. The van der Waals surface area contributed by atoms with Crippen LogP contribution in [0.25, 0.3) is 10.9 Å². The second-order valence-corrected chi connectivity index (χ2v) is 3.85. The van der Waals surface area contributed by atoms with Crippen LogP contribution in [0.4, 0.5) is 0 Å². The largest absolute Gasteiger partial charge is 0.374 e. The minimum absolute atomic E-state index is 0.112. The van der Waals surface area contributed by atoms with Crippen molar-refractivity contribution in [3.05, 3.63) is 34.6 Å². The molecule has 0 saturated carbocycles. The molecule has 5 heteroatoms. The van der Waals surface area contributed by atoms with E-state index in [0.29, 0.717) is 22.0 Å². The number of H-pyrrole nitrogens is 1. The monoisotopic (exact) mass is 222 g/mol. The molecule has 1 aromatic carbocycles. The van der Waals surface area contributed by atoms with Crippen molar-refractivity contribution in [2.75, 3.05) is 13.0 Å². The van der Waals surface area contributed by atoms with Crippen LogP contribution in [0.15, 0.2) is 34.2 Å². The zero-order valence-electron chi connectivity index (χ0n) is 8.19. The highest BCUT2D eigenvalue weighted by molar-refractivity contribution is 7.99. The van der Waals surface area contributed by atoms with Gasteiger partial charge in [0.25, 0.3) is 5.56 Å². The summed E-state index contributed by atoms with van der Waals surface area (Å²) in [7, 11) is 1.60. The van der Waals surface area contributed by atoms with Gasteiger partial charge in [-0.05, 0) is 12.1 Å². The minimum Gasteiger partial charge on any atom is -0.374 e. The van der Waals surface area contributed by atoms with Crippen LogP contribution < -0.4 is 5.56 Å². The van der Waals surface area contributed by atoms with Crippen molar-refractivity contribution >= 4 is 22.7 Å². The van der Waals surface area contributed by atoms with Crippen LogP contribution >= 0.6 is 11.8 Å². The van der Waals surface area contributed by atoms with Crippen LogP contribution in [-0.4, -0.2) is 23.0 Å². The van der Waals surface area contributed by atoms with E-state index in [1.807, 2.05) is 18.2 Å². The number of rotatable bonds is 3. The van der Waals surface area contributed by atoms with Crippen LogP contribution in [0.5, 0.6) is 0 Å². The zero-order valence-corrected chi connectivity index (χ0v) is 9.00. The lowest BCUT2D eigenvalue weighted by atomic mass is 10.2. The van der Waals surface area contributed by atoms with Gasteiger partial charge in [-0.15, -0.1) is 0 Å². The summed E-state index contributed by atoms with van der Waals surface area (Å²) in [5.41, 5.74) is 0.596. The van der Waals surface area contributed by atoms with Gasteiger partial charge in [-0.25, -0.2) is 4.98 Å². The molecule has 0 unspecified atom stereocenters. The van der Waals surface area contributed by atoms with Crippen LogP contribution in [0.2, 0.25) is 0 Å². The third kappa shape index (κ3) is 2.19. The lowest BCUT2D eigenvalue weighted by molar-refractivity contribution is 0.258. The molecule has 2 aromatic rings. The second-order valence-electron chi connectivity index (χ2n) is 2.94. The molecule has 0 fully saturated rings. The number of ether oxygens (including phenoxy) is 1. The van der Waals surface area contributed by atoms with Crippen molar-refractivity contribution in [2.45, 2.75) is 5.16 Å². The third-order valence-electron chi connectivity index (χ3n) is 1.90. The molecule has 78 valence electrons. The van der Waals surface area contributed by atoms with E-state index in [2.05, 4.69) is 9.97 Å². The van der Waals surface area contributed by atoms with E-state index in [0.717, 1.165) is 0 Å². The first-order valence-electron chi connectivity index (χ1n) is 4.42. The Hall–Kier alpha value is -1.33. The summed E-state index contributed by atoms with van der Waals surface area (Å²) in [4.78, 5) is 18.6. The number of benzene rings is 1. The van der Waals surface area contributed by atoms with Crippen LogP contribution in [0, 0.1) is 0 Å². The number of fused-ring (bicyclic) bond motifs is 1. The predicted molar refractivity (Wildman–Crippen MR) is 60.1 cm³/mol. The van der Waals surface area contributed by atoms with Crippen molar-refractivity contribution in [2.24, 2.45) is 0 Å². The van der Waals surface area contributed by atoms with Crippen LogP contribution in [-0.2, 0) is 4.74 Å². The zero-order chi connectivity index (χ0) is 10.7. The Morgan fingerprint density at radius 3 is 3.07 bits per heavy atom. The summed E-state index contributed by atoms with van der Waals surface area (Å²) >= 11 is 1.36. The van der Waals surface area contributed by atoms with Gasteiger partial charge in [0.15, 0.2) is 5.16 Å². The van der Waals surface area contributed by atoms with E-state index < -0.39 is 0 Å². The average Bonchev–Trinajstić information content (AvgIpc) is 2.26. The Morgan fingerprint density at radius 2 is 2.27 bits per heavy atom. The highest BCUT2D eigenvalue weighted by Gasteiger charge is 2.02. The second kappa shape index (κ2) is 4.46. The Bertz CT molecular complexity index is 524. The maximum absolute atomic E-state index is 11.6. The standard InChI is InChI=1S/C10H10N2O2S/c1-14-6-15-10-11-8-5-3-2-4-7(8)9(13)12-10/h2-5H,6H2,1H3,(H,11,12,13). The molecular weight excluding hydrogens is 212 g/mol. The van der Waals surface area contributed by atoms with Gasteiger partial charge in [-0.1, -0.05) is 23.9 Å². The van der Waals surface area contributed by atoms with Gasteiger partial charge in [0.2, 0.25) is 0 Å². The first kappa shape index (κ1) is 10.2. The summed E-state index contributed by atoms with van der Waals surface area (Å²) in [5, 5.41) is 1.19. The minimum atomic E-state index is -0.112. The van der Waals surface area contributed by atoms with Crippen molar-refractivity contribution in [1.82, 2.24) is 9.97 Å². The maximum Gasteiger partial charge on any atom is 0.259 e. The van der Waals surface area contributed by atoms with Crippen molar-refractivity contribution in [3.8, 4) is 0 Å². The maximum atomic E-state index is 11.6. The average molecular weight is 222 g/mol. The summed E-state index contributed by atoms with van der Waals surface area (Å²) in [5.74, 6) is 0.473. The first-order chi connectivity index (χ1) is 7.31. The Kier molecular flexibility index (Phi) is 3.03. The summed E-state index contributed by atoms with van der Waals surface area (Å²) in [6.45, 7) is 0. The van der Waals surface area contributed by atoms with Gasteiger partial charge in [-0.3, -0.25) is 4.79 Å². The molecule has 1 heterocycles. The molecule has 0 spiro atoms. The van der Waals surface area contributed by atoms with E-state index in [4.69, 9.17) is 4.74 Å². The molecule has 0 amide bonds. The summed E-state index contributed by atoms with van der Waals surface area (Å²) in [6, 6.07) is 7.26. The summed E-state index contributed by atoms with van der Waals surface area (Å²) < 4.78 is 4.90. The Labute approximate surface area is 90.7 Å². The summed E-state index contributed by atoms with van der Waals surface area (Å²) in [6.07, 6.45) is 0.